The number of hydrogen-bond acceptors (Lipinski definition) is 8. The van der Waals surface area contributed by atoms with E-state index in [9.17, 15) is 4.79 Å². The second kappa shape index (κ2) is 30.2. The molecule has 8 nitrogen and oxygen atoms in total. The fourth-order valence-corrected chi connectivity index (χ4v) is 4.42. The Balaban J connectivity index is 1.67. The van der Waals surface area contributed by atoms with Gasteiger partial charge < -0.3 is 33.2 Å². The van der Waals surface area contributed by atoms with E-state index in [1.807, 2.05) is 0 Å². The molecule has 0 aromatic rings. The first-order valence-electron chi connectivity index (χ1n) is 16.0. The van der Waals surface area contributed by atoms with E-state index in [0.29, 0.717) is 72.5 Å². The molecule has 1 heterocycles. The fourth-order valence-electron chi connectivity index (χ4n) is 4.42. The van der Waals surface area contributed by atoms with Crippen LogP contribution in [0.15, 0.2) is 0 Å². The molecule has 0 bridgehead atoms. The second-order valence-electron chi connectivity index (χ2n) is 10.3. The maximum atomic E-state index is 11.8. The molecule has 0 aromatic carbocycles. The third-order valence-corrected chi connectivity index (χ3v) is 6.76. The van der Waals surface area contributed by atoms with Crippen LogP contribution in [0.1, 0.15) is 116 Å². The Morgan fingerprint density at radius 1 is 0.590 bits per heavy atom. The standard InChI is InChI=1S/C31H60O8/c1-2-3-4-5-6-7-8-9-10-11-12-13-14-17-30(32)37-28-26-35-24-22-33-20-21-34-23-25-36-27-29-39-31-18-15-16-19-38-31/h31H,2-29H2,1H3. The van der Waals surface area contributed by atoms with Gasteiger partial charge in [0.25, 0.3) is 0 Å². The minimum Gasteiger partial charge on any atom is -0.463 e. The molecule has 1 atom stereocenters. The summed E-state index contributed by atoms with van der Waals surface area (Å²) in [5, 5.41) is 0. The van der Waals surface area contributed by atoms with Crippen LogP contribution < -0.4 is 0 Å². The summed E-state index contributed by atoms with van der Waals surface area (Å²) in [6.07, 6.45) is 20.7. The van der Waals surface area contributed by atoms with Gasteiger partial charge >= 0.3 is 5.97 Å². The number of carbonyl (C=O) groups is 1. The van der Waals surface area contributed by atoms with Crippen molar-refractivity contribution in [1.82, 2.24) is 0 Å². The van der Waals surface area contributed by atoms with Gasteiger partial charge in [-0.15, -0.1) is 0 Å². The Morgan fingerprint density at radius 3 is 1.54 bits per heavy atom. The Hall–Kier alpha value is -0.770. The summed E-state index contributed by atoms with van der Waals surface area (Å²) in [5.41, 5.74) is 0. The molecule has 1 saturated heterocycles. The molecule has 1 rings (SSSR count). The first kappa shape index (κ1) is 36.3. The van der Waals surface area contributed by atoms with Gasteiger partial charge in [-0.2, -0.15) is 0 Å². The molecule has 1 aliphatic heterocycles. The number of esters is 1. The van der Waals surface area contributed by atoms with Crippen molar-refractivity contribution in [3.05, 3.63) is 0 Å². The molecule has 0 N–H and O–H groups in total. The number of unbranched alkanes of at least 4 members (excludes halogenated alkanes) is 12. The SMILES string of the molecule is CCCCCCCCCCCCCCCC(=O)OCCOCCOCCOCCOCCOC1CCCCO1. The normalized spacial score (nSPS) is 15.6. The van der Waals surface area contributed by atoms with Crippen molar-refractivity contribution in [2.24, 2.45) is 0 Å². The van der Waals surface area contributed by atoms with Crippen LogP contribution in [0, 0.1) is 0 Å². The summed E-state index contributed by atoms with van der Waals surface area (Å²) < 4.78 is 38.2. The summed E-state index contributed by atoms with van der Waals surface area (Å²) in [6.45, 7) is 7.94. The zero-order chi connectivity index (χ0) is 27.9. The van der Waals surface area contributed by atoms with Crippen molar-refractivity contribution in [3.8, 4) is 0 Å². The number of rotatable bonds is 30. The number of ether oxygens (including phenoxy) is 7. The first-order chi connectivity index (χ1) is 19.3. The van der Waals surface area contributed by atoms with Crippen LogP contribution in [-0.4, -0.2) is 84.9 Å². The molecule has 39 heavy (non-hydrogen) atoms. The predicted molar refractivity (Wildman–Crippen MR) is 154 cm³/mol. The lowest BCUT2D eigenvalue weighted by Crippen LogP contribution is -2.24. The molecule has 1 aliphatic rings. The van der Waals surface area contributed by atoms with Gasteiger partial charge in [-0.3, -0.25) is 4.79 Å². The minimum atomic E-state index is -0.121. The van der Waals surface area contributed by atoms with Gasteiger partial charge in [0.05, 0.1) is 59.5 Å². The summed E-state index contributed by atoms with van der Waals surface area (Å²) in [5.74, 6) is -0.121. The van der Waals surface area contributed by atoms with Crippen molar-refractivity contribution in [3.63, 3.8) is 0 Å². The van der Waals surface area contributed by atoms with Crippen molar-refractivity contribution in [1.29, 1.82) is 0 Å². The van der Waals surface area contributed by atoms with Crippen LogP contribution in [0.2, 0.25) is 0 Å². The Morgan fingerprint density at radius 2 is 1.05 bits per heavy atom. The summed E-state index contributed by atoms with van der Waals surface area (Å²) in [4.78, 5) is 11.8. The third-order valence-electron chi connectivity index (χ3n) is 6.76. The largest absolute Gasteiger partial charge is 0.463 e. The highest BCUT2D eigenvalue weighted by atomic mass is 16.7. The van der Waals surface area contributed by atoms with Crippen molar-refractivity contribution in [2.45, 2.75) is 122 Å². The zero-order valence-corrected chi connectivity index (χ0v) is 25.1. The van der Waals surface area contributed by atoms with Gasteiger partial charge in [-0.1, -0.05) is 84.0 Å². The molecule has 0 aliphatic carbocycles. The molecule has 0 saturated carbocycles. The van der Waals surface area contributed by atoms with Gasteiger partial charge in [0.1, 0.15) is 6.61 Å². The van der Waals surface area contributed by atoms with Crippen LogP contribution in [0.25, 0.3) is 0 Å². The molecule has 1 unspecified atom stereocenters. The lowest BCUT2D eigenvalue weighted by Gasteiger charge is -2.22. The van der Waals surface area contributed by atoms with E-state index >= 15 is 0 Å². The van der Waals surface area contributed by atoms with Gasteiger partial charge in [-0.25, -0.2) is 0 Å². The average molecular weight is 561 g/mol. The number of hydrogen-bond donors (Lipinski definition) is 0. The van der Waals surface area contributed by atoms with Gasteiger partial charge in [0.2, 0.25) is 0 Å². The first-order valence-corrected chi connectivity index (χ1v) is 16.0. The fraction of sp³-hybridized carbons (Fsp3) is 0.968. The van der Waals surface area contributed by atoms with E-state index in [1.54, 1.807) is 0 Å². The summed E-state index contributed by atoms with van der Waals surface area (Å²) in [6, 6.07) is 0. The highest BCUT2D eigenvalue weighted by molar-refractivity contribution is 5.69. The van der Waals surface area contributed by atoms with Gasteiger partial charge in [0, 0.05) is 13.0 Å². The van der Waals surface area contributed by atoms with Crippen molar-refractivity contribution in [2.75, 3.05) is 72.7 Å². The van der Waals surface area contributed by atoms with E-state index in [4.69, 9.17) is 33.2 Å². The lowest BCUT2D eigenvalue weighted by atomic mass is 10.0. The van der Waals surface area contributed by atoms with E-state index in [0.717, 1.165) is 32.3 Å². The quantitative estimate of drug-likeness (QED) is 0.0716. The van der Waals surface area contributed by atoms with Gasteiger partial charge in [-0.05, 0) is 25.7 Å². The highest BCUT2D eigenvalue weighted by Gasteiger charge is 2.13. The molecule has 232 valence electrons. The molecule has 0 amide bonds. The van der Waals surface area contributed by atoms with Crippen LogP contribution >= 0.6 is 0 Å². The molecular weight excluding hydrogens is 500 g/mol. The van der Waals surface area contributed by atoms with Crippen LogP contribution in [-0.2, 0) is 38.0 Å². The summed E-state index contributed by atoms with van der Waals surface area (Å²) in [7, 11) is 0. The average Bonchev–Trinajstić information content (AvgIpc) is 2.95. The van der Waals surface area contributed by atoms with E-state index in [-0.39, 0.29) is 12.3 Å². The second-order valence-corrected chi connectivity index (χ2v) is 10.3. The minimum absolute atomic E-state index is 0.0615. The Labute approximate surface area is 239 Å². The predicted octanol–water partition coefficient (Wildman–Crippen LogP) is 6.62. The maximum Gasteiger partial charge on any atom is 0.305 e. The van der Waals surface area contributed by atoms with E-state index in [2.05, 4.69) is 6.92 Å². The molecule has 1 fully saturated rings. The Kier molecular flexibility index (Phi) is 28.1. The van der Waals surface area contributed by atoms with Crippen molar-refractivity contribution >= 4 is 5.97 Å². The van der Waals surface area contributed by atoms with Crippen LogP contribution in [0.3, 0.4) is 0 Å². The number of carbonyl (C=O) groups excluding carboxylic acids is 1. The Bertz CT molecular complexity index is 499. The van der Waals surface area contributed by atoms with Crippen LogP contribution in [0.4, 0.5) is 0 Å². The monoisotopic (exact) mass is 560 g/mol. The molecule has 8 heteroatoms. The molecule has 0 spiro atoms. The molecule has 0 aromatic heterocycles. The van der Waals surface area contributed by atoms with E-state index < -0.39 is 0 Å². The molecular formula is C31H60O8. The lowest BCUT2D eigenvalue weighted by molar-refractivity contribution is -0.169. The molecule has 0 radical (unpaired) electrons. The summed E-state index contributed by atoms with van der Waals surface area (Å²) >= 11 is 0. The highest BCUT2D eigenvalue weighted by Crippen LogP contribution is 2.14. The van der Waals surface area contributed by atoms with Crippen molar-refractivity contribution < 1.29 is 38.0 Å². The van der Waals surface area contributed by atoms with E-state index in [1.165, 1.54) is 77.0 Å². The third kappa shape index (κ3) is 27.2. The zero-order valence-electron chi connectivity index (χ0n) is 25.1. The van der Waals surface area contributed by atoms with Crippen LogP contribution in [0.5, 0.6) is 0 Å². The topological polar surface area (TPSA) is 81.7 Å². The van der Waals surface area contributed by atoms with Gasteiger partial charge in [0.15, 0.2) is 6.29 Å². The maximum absolute atomic E-state index is 11.8. The smallest absolute Gasteiger partial charge is 0.305 e.